The number of thiophene rings is 1. The van der Waals surface area contributed by atoms with Crippen molar-refractivity contribution in [1.29, 1.82) is 0 Å². The van der Waals surface area contributed by atoms with Gasteiger partial charge >= 0.3 is 0 Å². The summed E-state index contributed by atoms with van der Waals surface area (Å²) in [5, 5.41) is 8.56. The lowest BCUT2D eigenvalue weighted by Crippen LogP contribution is -2.30. The zero-order valence-corrected chi connectivity index (χ0v) is 13.8. The largest absolute Gasteiger partial charge is 0.281 e. The molecule has 2 aromatic rings. The van der Waals surface area contributed by atoms with E-state index in [0.717, 1.165) is 4.88 Å². The van der Waals surface area contributed by atoms with Crippen LogP contribution in [0.4, 0.5) is 0 Å². The van der Waals surface area contributed by atoms with E-state index in [0.29, 0.717) is 11.4 Å². The number of rotatable bonds is 5. The van der Waals surface area contributed by atoms with Crippen LogP contribution < -0.4 is 0 Å². The third-order valence-corrected chi connectivity index (χ3v) is 6.65. The number of sulfonamides is 1. The number of aromatic amines is 1. The average Bonchev–Trinajstić information content (AvgIpc) is 3.05. The van der Waals surface area contributed by atoms with Crippen molar-refractivity contribution in [1.82, 2.24) is 14.5 Å². The topological polar surface area (TPSA) is 66.1 Å². The Morgan fingerprint density at radius 3 is 2.80 bits per heavy atom. The van der Waals surface area contributed by atoms with Crippen molar-refractivity contribution < 1.29 is 8.42 Å². The summed E-state index contributed by atoms with van der Waals surface area (Å²) < 4.78 is 26.8. The third-order valence-electron chi connectivity index (χ3n) is 3.23. The number of hydrogen-bond acceptors (Lipinski definition) is 4. The van der Waals surface area contributed by atoms with Crippen LogP contribution in [0.1, 0.15) is 29.2 Å². The number of halogens is 1. The minimum absolute atomic E-state index is 0.0557. The van der Waals surface area contributed by atoms with Gasteiger partial charge in [-0.3, -0.25) is 5.10 Å². The monoisotopic (exact) mass is 333 g/mol. The number of aromatic nitrogens is 2. The van der Waals surface area contributed by atoms with Crippen LogP contribution in [0.15, 0.2) is 22.4 Å². The normalized spacial score (nSPS) is 13.8. The van der Waals surface area contributed by atoms with E-state index < -0.39 is 10.0 Å². The summed E-state index contributed by atoms with van der Waals surface area (Å²) in [6.07, 6.45) is 0. The van der Waals surface area contributed by atoms with Crippen molar-refractivity contribution >= 4 is 33.0 Å². The van der Waals surface area contributed by atoms with Crippen molar-refractivity contribution in [3.8, 4) is 0 Å². The van der Waals surface area contributed by atoms with Crippen LogP contribution in [-0.4, -0.2) is 30.0 Å². The van der Waals surface area contributed by atoms with Crippen molar-refractivity contribution in [3.63, 3.8) is 0 Å². The summed E-state index contributed by atoms with van der Waals surface area (Å²) >= 11 is 7.30. The fraction of sp³-hybridized carbons (Fsp3) is 0.417. The SMILES string of the molecule is Cc1[nH]nc(CCl)c1S(=O)(=O)N(C)C(C)c1cccs1. The molecule has 0 aliphatic rings. The van der Waals surface area contributed by atoms with Crippen molar-refractivity contribution in [2.24, 2.45) is 0 Å². The molecular formula is C12H16ClN3O2S2. The summed E-state index contributed by atoms with van der Waals surface area (Å²) in [6.45, 7) is 3.54. The molecule has 0 amide bonds. The molecule has 2 aromatic heterocycles. The molecule has 1 unspecified atom stereocenters. The molecule has 1 N–H and O–H groups in total. The molecule has 0 radical (unpaired) electrons. The zero-order chi connectivity index (χ0) is 14.9. The molecule has 0 fully saturated rings. The van der Waals surface area contributed by atoms with E-state index in [1.807, 2.05) is 24.4 Å². The Labute approximate surface area is 127 Å². The Balaban J connectivity index is 2.42. The molecule has 0 saturated carbocycles. The fourth-order valence-corrected chi connectivity index (χ4v) is 4.79. The van der Waals surface area contributed by atoms with Crippen LogP contribution in [0.3, 0.4) is 0 Å². The van der Waals surface area contributed by atoms with Gasteiger partial charge in [-0.15, -0.1) is 22.9 Å². The van der Waals surface area contributed by atoms with Crippen molar-refractivity contribution in [2.75, 3.05) is 7.05 Å². The zero-order valence-electron chi connectivity index (χ0n) is 11.4. The van der Waals surface area contributed by atoms with Crippen LogP contribution in [0.5, 0.6) is 0 Å². The maximum absolute atomic E-state index is 12.7. The smallest absolute Gasteiger partial charge is 0.247 e. The summed E-state index contributed by atoms with van der Waals surface area (Å²) in [5.74, 6) is 0.0557. The fourth-order valence-electron chi connectivity index (χ4n) is 1.96. The van der Waals surface area contributed by atoms with Gasteiger partial charge in [-0.25, -0.2) is 8.42 Å². The third kappa shape index (κ3) is 2.63. The van der Waals surface area contributed by atoms with E-state index in [1.54, 1.807) is 14.0 Å². The van der Waals surface area contributed by atoms with Crippen LogP contribution in [0.25, 0.3) is 0 Å². The highest BCUT2D eigenvalue weighted by atomic mass is 35.5. The molecule has 0 aliphatic heterocycles. The molecule has 5 nitrogen and oxygen atoms in total. The van der Waals surface area contributed by atoms with Gasteiger partial charge < -0.3 is 0 Å². The standard InChI is InChI=1S/C12H16ClN3O2S2/c1-8-12(10(7-13)15-14-8)20(17,18)16(3)9(2)11-5-4-6-19-11/h4-6,9H,7H2,1-3H3,(H,14,15). The second-order valence-electron chi connectivity index (χ2n) is 4.47. The first-order valence-electron chi connectivity index (χ1n) is 6.00. The molecular weight excluding hydrogens is 318 g/mol. The molecule has 20 heavy (non-hydrogen) atoms. The van der Waals surface area contributed by atoms with E-state index in [1.165, 1.54) is 15.6 Å². The number of hydrogen-bond donors (Lipinski definition) is 1. The van der Waals surface area contributed by atoms with Gasteiger partial charge in [0, 0.05) is 11.9 Å². The molecule has 0 saturated heterocycles. The molecule has 8 heteroatoms. The molecule has 2 rings (SSSR count). The molecule has 0 aromatic carbocycles. The van der Waals surface area contributed by atoms with Gasteiger partial charge in [0.2, 0.25) is 10.0 Å². The average molecular weight is 334 g/mol. The quantitative estimate of drug-likeness (QED) is 0.855. The van der Waals surface area contributed by atoms with Gasteiger partial charge in [-0.1, -0.05) is 6.07 Å². The second-order valence-corrected chi connectivity index (χ2v) is 7.65. The summed E-state index contributed by atoms with van der Waals surface area (Å²) in [7, 11) is -2.06. The first-order chi connectivity index (χ1) is 9.39. The molecule has 110 valence electrons. The Kier molecular flexibility index (Phi) is 4.53. The number of nitrogens with zero attached hydrogens (tertiary/aromatic N) is 2. The first-order valence-corrected chi connectivity index (χ1v) is 8.86. The highest BCUT2D eigenvalue weighted by molar-refractivity contribution is 7.89. The molecule has 1 atom stereocenters. The van der Waals surface area contributed by atoms with E-state index >= 15 is 0 Å². The van der Waals surface area contributed by atoms with Gasteiger partial charge in [0.1, 0.15) is 4.90 Å². The lowest BCUT2D eigenvalue weighted by molar-refractivity contribution is 0.402. The van der Waals surface area contributed by atoms with Crippen LogP contribution in [0, 0.1) is 6.92 Å². The predicted octanol–water partition coefficient (Wildman–Crippen LogP) is 2.90. The maximum Gasteiger partial charge on any atom is 0.247 e. The number of nitrogens with one attached hydrogen (secondary N) is 1. The van der Waals surface area contributed by atoms with Crippen molar-refractivity contribution in [3.05, 3.63) is 33.8 Å². The maximum atomic E-state index is 12.7. The summed E-state index contributed by atoms with van der Waals surface area (Å²) in [5.41, 5.74) is 0.861. The van der Waals surface area contributed by atoms with Gasteiger partial charge in [0.15, 0.2) is 0 Å². The molecule has 0 bridgehead atoms. The van der Waals surface area contributed by atoms with Gasteiger partial charge in [0.25, 0.3) is 0 Å². The summed E-state index contributed by atoms with van der Waals surface area (Å²) in [6, 6.07) is 3.59. The van der Waals surface area contributed by atoms with Crippen LogP contribution >= 0.6 is 22.9 Å². The lowest BCUT2D eigenvalue weighted by atomic mass is 10.3. The van der Waals surface area contributed by atoms with E-state index in [4.69, 9.17) is 11.6 Å². The lowest BCUT2D eigenvalue weighted by Gasteiger charge is -2.23. The molecule has 0 spiro atoms. The molecule has 0 aliphatic carbocycles. The Morgan fingerprint density at radius 1 is 1.55 bits per heavy atom. The molecule has 2 heterocycles. The number of aryl methyl sites for hydroxylation is 1. The summed E-state index contributed by atoms with van der Waals surface area (Å²) in [4.78, 5) is 1.17. The van der Waals surface area contributed by atoms with Crippen molar-refractivity contribution in [2.45, 2.75) is 30.7 Å². The Hall–Kier alpha value is -0.890. The predicted molar refractivity (Wildman–Crippen MR) is 80.6 cm³/mol. The van der Waals surface area contributed by atoms with Gasteiger partial charge in [0.05, 0.1) is 23.3 Å². The van der Waals surface area contributed by atoms with E-state index in [-0.39, 0.29) is 16.8 Å². The first kappa shape index (κ1) is 15.5. The van der Waals surface area contributed by atoms with E-state index in [9.17, 15) is 8.42 Å². The Bertz CT molecular complexity index is 680. The van der Waals surface area contributed by atoms with Crippen LogP contribution in [0.2, 0.25) is 0 Å². The minimum atomic E-state index is -3.63. The second kappa shape index (κ2) is 5.85. The highest BCUT2D eigenvalue weighted by Gasteiger charge is 2.31. The van der Waals surface area contributed by atoms with Crippen LogP contribution in [-0.2, 0) is 15.9 Å². The highest BCUT2D eigenvalue weighted by Crippen LogP contribution is 2.30. The van der Waals surface area contributed by atoms with Gasteiger partial charge in [-0.05, 0) is 25.3 Å². The minimum Gasteiger partial charge on any atom is -0.281 e. The van der Waals surface area contributed by atoms with Gasteiger partial charge in [-0.2, -0.15) is 9.40 Å². The van der Waals surface area contributed by atoms with E-state index in [2.05, 4.69) is 10.2 Å². The number of H-pyrrole nitrogens is 1. The number of alkyl halides is 1. The Morgan fingerprint density at radius 2 is 2.25 bits per heavy atom.